The van der Waals surface area contributed by atoms with Crippen LogP contribution in [0.4, 0.5) is 5.82 Å². The molecule has 0 aromatic carbocycles. The molecule has 2 rings (SSSR count). The molecule has 0 radical (unpaired) electrons. The van der Waals surface area contributed by atoms with Crippen LogP contribution in [0.25, 0.3) is 0 Å². The number of ether oxygens (including phenoxy) is 1. The number of hydrogen-bond acceptors (Lipinski definition) is 5. The molecule has 0 saturated heterocycles. The summed E-state index contributed by atoms with van der Waals surface area (Å²) < 4.78 is 10.4. The van der Waals surface area contributed by atoms with Gasteiger partial charge in [0, 0.05) is 17.8 Å². The topological polar surface area (TPSA) is 60.2 Å². The number of methoxy groups -OCH3 is 1. The van der Waals surface area contributed by atoms with Crippen LogP contribution in [0, 0.1) is 20.8 Å². The second-order valence-corrected chi connectivity index (χ2v) is 4.16. The van der Waals surface area contributed by atoms with E-state index in [0.29, 0.717) is 6.54 Å². The summed E-state index contributed by atoms with van der Waals surface area (Å²) in [5.74, 6) is 2.29. The number of anilines is 1. The molecule has 0 fully saturated rings. The second-order valence-electron chi connectivity index (χ2n) is 4.16. The molecule has 0 spiro atoms. The van der Waals surface area contributed by atoms with Crippen LogP contribution >= 0.6 is 0 Å². The predicted octanol–water partition coefficient (Wildman–Crippen LogP) is 2.62. The average Bonchev–Trinajstić information content (AvgIpc) is 2.67. The quantitative estimate of drug-likeness (QED) is 0.899. The fraction of sp³-hybridized carbons (Fsp3) is 0.385. The summed E-state index contributed by atoms with van der Waals surface area (Å²) >= 11 is 0. The highest BCUT2D eigenvalue weighted by Gasteiger charge is 2.10. The summed E-state index contributed by atoms with van der Waals surface area (Å²) in [4.78, 5) is 4.42. The van der Waals surface area contributed by atoms with Crippen LogP contribution in [-0.4, -0.2) is 17.3 Å². The lowest BCUT2D eigenvalue weighted by atomic mass is 10.2. The molecule has 0 aliphatic carbocycles. The molecule has 5 heteroatoms. The first-order valence-electron chi connectivity index (χ1n) is 5.79. The van der Waals surface area contributed by atoms with Crippen molar-refractivity contribution in [2.75, 3.05) is 12.4 Å². The molecule has 18 heavy (non-hydrogen) atoms. The maximum absolute atomic E-state index is 5.27. The molecule has 0 bridgehead atoms. The van der Waals surface area contributed by atoms with Gasteiger partial charge in [-0.15, -0.1) is 0 Å². The molecule has 2 heterocycles. The number of rotatable bonds is 4. The van der Waals surface area contributed by atoms with E-state index >= 15 is 0 Å². The van der Waals surface area contributed by atoms with Crippen LogP contribution in [0.5, 0.6) is 5.75 Å². The standard InChI is InChI=1S/C13H17N3O2/c1-8-5-6-12(17-4)13(15-8)14-7-11-9(2)16-18-10(11)3/h5-6H,7H2,1-4H3,(H,14,15). The first-order chi connectivity index (χ1) is 8.61. The van der Waals surface area contributed by atoms with Gasteiger partial charge in [0.25, 0.3) is 0 Å². The van der Waals surface area contributed by atoms with Crippen molar-refractivity contribution in [3.05, 3.63) is 34.8 Å². The molecule has 2 aromatic rings. The van der Waals surface area contributed by atoms with E-state index in [-0.39, 0.29) is 0 Å². The molecule has 0 aliphatic heterocycles. The lowest BCUT2D eigenvalue weighted by molar-refractivity contribution is 0.392. The molecule has 2 aromatic heterocycles. The maximum atomic E-state index is 5.27. The van der Waals surface area contributed by atoms with E-state index in [9.17, 15) is 0 Å². The first-order valence-corrected chi connectivity index (χ1v) is 5.79. The molecule has 0 unspecified atom stereocenters. The van der Waals surface area contributed by atoms with Gasteiger partial charge in [-0.1, -0.05) is 5.16 Å². The SMILES string of the molecule is COc1ccc(C)nc1NCc1c(C)noc1C. The summed E-state index contributed by atoms with van der Waals surface area (Å²) in [5.41, 5.74) is 2.89. The summed E-state index contributed by atoms with van der Waals surface area (Å²) in [6, 6.07) is 3.82. The lowest BCUT2D eigenvalue weighted by Gasteiger charge is -2.10. The highest BCUT2D eigenvalue weighted by molar-refractivity contribution is 5.51. The Labute approximate surface area is 106 Å². The van der Waals surface area contributed by atoms with Crippen molar-refractivity contribution in [3.63, 3.8) is 0 Å². The minimum Gasteiger partial charge on any atom is -0.493 e. The third-order valence-corrected chi connectivity index (χ3v) is 2.83. The van der Waals surface area contributed by atoms with Gasteiger partial charge in [-0.2, -0.15) is 0 Å². The van der Waals surface area contributed by atoms with Crippen molar-refractivity contribution in [3.8, 4) is 5.75 Å². The second kappa shape index (κ2) is 5.08. The molecule has 0 saturated carbocycles. The number of aryl methyl sites for hydroxylation is 3. The molecule has 96 valence electrons. The molecule has 5 nitrogen and oxygen atoms in total. The Hall–Kier alpha value is -2.04. The van der Waals surface area contributed by atoms with Crippen molar-refractivity contribution in [1.29, 1.82) is 0 Å². The van der Waals surface area contributed by atoms with Crippen LogP contribution in [0.1, 0.15) is 22.7 Å². The van der Waals surface area contributed by atoms with E-state index in [1.54, 1.807) is 7.11 Å². The highest BCUT2D eigenvalue weighted by atomic mass is 16.5. The van der Waals surface area contributed by atoms with Crippen LogP contribution in [0.15, 0.2) is 16.7 Å². The third kappa shape index (κ3) is 2.45. The minimum absolute atomic E-state index is 0.619. The Kier molecular flexibility index (Phi) is 3.50. The van der Waals surface area contributed by atoms with Gasteiger partial charge in [-0.05, 0) is 32.9 Å². The van der Waals surface area contributed by atoms with E-state index in [1.807, 2.05) is 32.9 Å². The summed E-state index contributed by atoms with van der Waals surface area (Å²) in [5, 5.41) is 7.17. The molecule has 0 aliphatic rings. The Morgan fingerprint density at radius 2 is 2.06 bits per heavy atom. The monoisotopic (exact) mass is 247 g/mol. The fourth-order valence-electron chi connectivity index (χ4n) is 1.76. The smallest absolute Gasteiger partial charge is 0.169 e. The number of pyridine rings is 1. The van der Waals surface area contributed by atoms with E-state index in [0.717, 1.165) is 34.3 Å². The first kappa shape index (κ1) is 12.4. The zero-order chi connectivity index (χ0) is 13.1. The van der Waals surface area contributed by atoms with Gasteiger partial charge in [-0.25, -0.2) is 4.98 Å². The average molecular weight is 247 g/mol. The molecule has 0 amide bonds. The number of hydrogen-bond donors (Lipinski definition) is 1. The Balaban J connectivity index is 2.17. The van der Waals surface area contributed by atoms with Crippen molar-refractivity contribution < 1.29 is 9.26 Å². The van der Waals surface area contributed by atoms with E-state index < -0.39 is 0 Å². The van der Waals surface area contributed by atoms with E-state index in [4.69, 9.17) is 9.26 Å². The van der Waals surface area contributed by atoms with Gasteiger partial charge in [-0.3, -0.25) is 0 Å². The van der Waals surface area contributed by atoms with Gasteiger partial charge < -0.3 is 14.6 Å². The fourth-order valence-corrected chi connectivity index (χ4v) is 1.76. The van der Waals surface area contributed by atoms with E-state index in [1.165, 1.54) is 0 Å². The van der Waals surface area contributed by atoms with Crippen molar-refractivity contribution in [2.45, 2.75) is 27.3 Å². The van der Waals surface area contributed by atoms with Crippen LogP contribution < -0.4 is 10.1 Å². The van der Waals surface area contributed by atoms with Gasteiger partial charge in [0.15, 0.2) is 11.6 Å². The maximum Gasteiger partial charge on any atom is 0.169 e. The van der Waals surface area contributed by atoms with Crippen molar-refractivity contribution in [2.24, 2.45) is 0 Å². The van der Waals surface area contributed by atoms with E-state index in [2.05, 4.69) is 15.5 Å². The molecular weight excluding hydrogens is 230 g/mol. The Morgan fingerprint density at radius 3 is 2.67 bits per heavy atom. The largest absolute Gasteiger partial charge is 0.493 e. The zero-order valence-electron chi connectivity index (χ0n) is 11.1. The van der Waals surface area contributed by atoms with Crippen LogP contribution in [0.2, 0.25) is 0 Å². The van der Waals surface area contributed by atoms with Gasteiger partial charge in [0.05, 0.1) is 12.8 Å². The number of nitrogens with zero attached hydrogens (tertiary/aromatic N) is 2. The number of nitrogens with one attached hydrogen (secondary N) is 1. The Morgan fingerprint density at radius 1 is 1.28 bits per heavy atom. The molecular formula is C13H17N3O2. The van der Waals surface area contributed by atoms with Gasteiger partial charge in [0.2, 0.25) is 0 Å². The highest BCUT2D eigenvalue weighted by Crippen LogP contribution is 2.23. The zero-order valence-corrected chi connectivity index (χ0v) is 11.1. The lowest BCUT2D eigenvalue weighted by Crippen LogP contribution is -2.05. The van der Waals surface area contributed by atoms with Crippen LogP contribution in [0.3, 0.4) is 0 Å². The Bertz CT molecular complexity index is 530. The summed E-state index contributed by atoms with van der Waals surface area (Å²) in [6.07, 6.45) is 0. The molecule has 0 atom stereocenters. The summed E-state index contributed by atoms with van der Waals surface area (Å²) in [6.45, 7) is 6.39. The summed E-state index contributed by atoms with van der Waals surface area (Å²) in [7, 11) is 1.63. The van der Waals surface area contributed by atoms with Gasteiger partial charge in [0.1, 0.15) is 5.76 Å². The number of aromatic nitrogens is 2. The minimum atomic E-state index is 0.619. The van der Waals surface area contributed by atoms with Crippen molar-refractivity contribution >= 4 is 5.82 Å². The van der Waals surface area contributed by atoms with Crippen molar-refractivity contribution in [1.82, 2.24) is 10.1 Å². The third-order valence-electron chi connectivity index (χ3n) is 2.83. The molecule has 1 N–H and O–H groups in total. The normalized spacial score (nSPS) is 10.4. The predicted molar refractivity (Wildman–Crippen MR) is 68.8 cm³/mol. The van der Waals surface area contributed by atoms with Crippen LogP contribution in [-0.2, 0) is 6.54 Å². The van der Waals surface area contributed by atoms with Gasteiger partial charge >= 0.3 is 0 Å².